The smallest absolute Gasteiger partial charge is 0.134 e. The van der Waals surface area contributed by atoms with Gasteiger partial charge in [-0.25, -0.2) is 4.98 Å². The minimum atomic E-state index is 0.0758. The highest BCUT2D eigenvalue weighted by molar-refractivity contribution is 5.47. The number of aliphatic hydroxyl groups is 1. The van der Waals surface area contributed by atoms with E-state index in [4.69, 9.17) is 0 Å². The van der Waals surface area contributed by atoms with E-state index in [1.165, 1.54) is 25.7 Å². The number of hydrogen-bond donors (Lipinski definition) is 1. The van der Waals surface area contributed by atoms with Crippen LogP contribution in [0.2, 0.25) is 0 Å². The first-order chi connectivity index (χ1) is 7.83. The molecule has 0 spiro atoms. The Kier molecular flexibility index (Phi) is 3.78. The second-order valence-corrected chi connectivity index (χ2v) is 4.54. The first-order valence-corrected chi connectivity index (χ1v) is 6.14. The van der Waals surface area contributed by atoms with Crippen molar-refractivity contribution in [2.75, 3.05) is 11.4 Å². The molecule has 1 aliphatic rings. The summed E-state index contributed by atoms with van der Waals surface area (Å²) in [6.07, 6.45) is 6.88. The molecule has 2 heterocycles. The Labute approximate surface area is 97.1 Å². The maximum absolute atomic E-state index is 9.34. The van der Waals surface area contributed by atoms with Crippen LogP contribution < -0.4 is 4.90 Å². The normalized spacial score (nSPS) is 21.9. The van der Waals surface area contributed by atoms with Crippen LogP contribution in [0, 0.1) is 0 Å². The molecule has 0 aliphatic carbocycles. The first-order valence-electron chi connectivity index (χ1n) is 6.14. The summed E-state index contributed by atoms with van der Waals surface area (Å²) in [4.78, 5) is 6.78. The molecule has 1 saturated heterocycles. The van der Waals surface area contributed by atoms with Crippen molar-refractivity contribution in [1.82, 2.24) is 4.98 Å². The largest absolute Gasteiger partial charge is 0.392 e. The van der Waals surface area contributed by atoms with Gasteiger partial charge in [-0.05, 0) is 25.8 Å². The summed E-state index contributed by atoms with van der Waals surface area (Å²) >= 11 is 0. The van der Waals surface area contributed by atoms with Crippen molar-refractivity contribution >= 4 is 5.82 Å². The fourth-order valence-electron chi connectivity index (χ4n) is 2.40. The second kappa shape index (κ2) is 5.30. The van der Waals surface area contributed by atoms with Gasteiger partial charge in [0, 0.05) is 24.3 Å². The fraction of sp³-hybridized carbons (Fsp3) is 0.615. The fourth-order valence-corrected chi connectivity index (χ4v) is 2.40. The molecule has 0 amide bonds. The van der Waals surface area contributed by atoms with E-state index in [2.05, 4.69) is 16.8 Å². The van der Waals surface area contributed by atoms with Gasteiger partial charge in [0.05, 0.1) is 6.61 Å². The van der Waals surface area contributed by atoms with E-state index in [1.807, 2.05) is 18.3 Å². The average Bonchev–Trinajstić information content (AvgIpc) is 2.54. The summed E-state index contributed by atoms with van der Waals surface area (Å²) in [5.41, 5.74) is 0.941. The summed E-state index contributed by atoms with van der Waals surface area (Å²) in [7, 11) is 0. The molecule has 2 rings (SSSR count). The van der Waals surface area contributed by atoms with Gasteiger partial charge in [-0.1, -0.05) is 18.9 Å². The number of aromatic nitrogens is 1. The van der Waals surface area contributed by atoms with E-state index in [1.54, 1.807) is 0 Å². The summed E-state index contributed by atoms with van der Waals surface area (Å²) in [6, 6.07) is 4.38. The molecular weight excluding hydrogens is 200 g/mol. The molecule has 3 heteroatoms. The molecule has 0 radical (unpaired) electrons. The number of pyridine rings is 1. The zero-order valence-corrected chi connectivity index (χ0v) is 9.89. The number of nitrogens with zero attached hydrogens (tertiary/aromatic N) is 2. The Morgan fingerprint density at radius 3 is 3.12 bits per heavy atom. The quantitative estimate of drug-likeness (QED) is 0.831. The molecule has 0 saturated carbocycles. The Morgan fingerprint density at radius 1 is 1.44 bits per heavy atom. The van der Waals surface area contributed by atoms with Crippen LogP contribution in [0.1, 0.15) is 38.2 Å². The lowest BCUT2D eigenvalue weighted by Gasteiger charge is -2.29. The van der Waals surface area contributed by atoms with Gasteiger partial charge in [0.15, 0.2) is 0 Å². The average molecular weight is 220 g/mol. The summed E-state index contributed by atoms with van der Waals surface area (Å²) in [6.45, 7) is 3.39. The van der Waals surface area contributed by atoms with Crippen molar-refractivity contribution in [2.24, 2.45) is 0 Å². The van der Waals surface area contributed by atoms with Gasteiger partial charge in [0.2, 0.25) is 0 Å². The van der Waals surface area contributed by atoms with Crippen LogP contribution in [-0.2, 0) is 6.61 Å². The molecule has 1 aromatic heterocycles. The van der Waals surface area contributed by atoms with Gasteiger partial charge in [0.25, 0.3) is 0 Å². The van der Waals surface area contributed by atoms with Crippen LogP contribution in [0.15, 0.2) is 18.3 Å². The zero-order chi connectivity index (χ0) is 11.4. The van der Waals surface area contributed by atoms with Crippen LogP contribution in [0.25, 0.3) is 0 Å². The molecule has 1 aliphatic heterocycles. The zero-order valence-electron chi connectivity index (χ0n) is 9.89. The van der Waals surface area contributed by atoms with Crippen molar-refractivity contribution in [3.05, 3.63) is 23.9 Å². The molecule has 88 valence electrons. The van der Waals surface area contributed by atoms with Gasteiger partial charge in [0.1, 0.15) is 5.82 Å². The SMILES string of the molecule is CC1CCCCCN1c1ncccc1CO. The Balaban J connectivity index is 2.26. The van der Waals surface area contributed by atoms with E-state index in [0.29, 0.717) is 6.04 Å². The standard InChI is InChI=1S/C13H20N2O/c1-11-6-3-2-4-9-15(11)13-12(10-16)7-5-8-14-13/h5,7-8,11,16H,2-4,6,9-10H2,1H3. The third-order valence-corrected chi connectivity index (χ3v) is 3.36. The van der Waals surface area contributed by atoms with Crippen LogP contribution in [-0.4, -0.2) is 22.7 Å². The summed E-state index contributed by atoms with van der Waals surface area (Å²) < 4.78 is 0. The van der Waals surface area contributed by atoms with Crippen molar-refractivity contribution in [1.29, 1.82) is 0 Å². The topological polar surface area (TPSA) is 36.4 Å². The third kappa shape index (κ3) is 2.35. The van der Waals surface area contributed by atoms with E-state index >= 15 is 0 Å². The molecule has 1 fully saturated rings. The molecule has 1 aromatic rings. The lowest BCUT2D eigenvalue weighted by atomic mass is 10.1. The molecule has 1 atom stereocenters. The number of aliphatic hydroxyl groups excluding tert-OH is 1. The van der Waals surface area contributed by atoms with Gasteiger partial charge in [-0.3, -0.25) is 0 Å². The van der Waals surface area contributed by atoms with Crippen molar-refractivity contribution in [2.45, 2.75) is 45.3 Å². The maximum Gasteiger partial charge on any atom is 0.134 e. The van der Waals surface area contributed by atoms with E-state index in [0.717, 1.165) is 17.9 Å². The van der Waals surface area contributed by atoms with Crippen LogP contribution in [0.4, 0.5) is 5.82 Å². The second-order valence-electron chi connectivity index (χ2n) is 4.54. The third-order valence-electron chi connectivity index (χ3n) is 3.36. The lowest BCUT2D eigenvalue weighted by Crippen LogP contribution is -2.34. The molecule has 1 N–H and O–H groups in total. The predicted octanol–water partition coefficient (Wildman–Crippen LogP) is 2.34. The van der Waals surface area contributed by atoms with Crippen molar-refractivity contribution in [3.8, 4) is 0 Å². The minimum absolute atomic E-state index is 0.0758. The lowest BCUT2D eigenvalue weighted by molar-refractivity contribution is 0.281. The van der Waals surface area contributed by atoms with E-state index in [9.17, 15) is 5.11 Å². The van der Waals surface area contributed by atoms with Gasteiger partial charge >= 0.3 is 0 Å². The Hall–Kier alpha value is -1.09. The molecular formula is C13H20N2O. The number of rotatable bonds is 2. The molecule has 3 nitrogen and oxygen atoms in total. The van der Waals surface area contributed by atoms with E-state index < -0.39 is 0 Å². The highest BCUT2D eigenvalue weighted by Gasteiger charge is 2.20. The van der Waals surface area contributed by atoms with Gasteiger partial charge in [-0.2, -0.15) is 0 Å². The van der Waals surface area contributed by atoms with Crippen LogP contribution in [0.3, 0.4) is 0 Å². The number of anilines is 1. The van der Waals surface area contributed by atoms with Crippen molar-refractivity contribution < 1.29 is 5.11 Å². The highest BCUT2D eigenvalue weighted by Crippen LogP contribution is 2.25. The summed E-state index contributed by atoms with van der Waals surface area (Å²) in [5, 5.41) is 9.34. The first kappa shape index (κ1) is 11.4. The monoisotopic (exact) mass is 220 g/mol. The Bertz CT molecular complexity index is 340. The van der Waals surface area contributed by atoms with Gasteiger partial charge < -0.3 is 10.0 Å². The maximum atomic E-state index is 9.34. The predicted molar refractivity (Wildman–Crippen MR) is 65.4 cm³/mol. The van der Waals surface area contributed by atoms with Crippen LogP contribution in [0.5, 0.6) is 0 Å². The minimum Gasteiger partial charge on any atom is -0.392 e. The van der Waals surface area contributed by atoms with E-state index in [-0.39, 0.29) is 6.61 Å². The molecule has 0 bridgehead atoms. The highest BCUT2D eigenvalue weighted by atomic mass is 16.3. The van der Waals surface area contributed by atoms with Crippen LogP contribution >= 0.6 is 0 Å². The van der Waals surface area contributed by atoms with Crippen molar-refractivity contribution in [3.63, 3.8) is 0 Å². The Morgan fingerprint density at radius 2 is 2.31 bits per heavy atom. The molecule has 1 unspecified atom stereocenters. The number of hydrogen-bond acceptors (Lipinski definition) is 3. The molecule has 16 heavy (non-hydrogen) atoms. The van der Waals surface area contributed by atoms with Gasteiger partial charge in [-0.15, -0.1) is 0 Å². The molecule has 0 aromatic carbocycles. The summed E-state index contributed by atoms with van der Waals surface area (Å²) in [5.74, 6) is 0.972.